The molecule has 2 aromatic heterocycles. The molecule has 23 heavy (non-hydrogen) atoms. The molecule has 6 heteroatoms. The van der Waals surface area contributed by atoms with E-state index in [1.165, 1.54) is 12.1 Å². The van der Waals surface area contributed by atoms with Crippen LogP contribution in [-0.4, -0.2) is 14.2 Å². The van der Waals surface area contributed by atoms with Crippen molar-refractivity contribution in [3.05, 3.63) is 65.4 Å². The molecule has 2 aromatic carbocycles. The standard InChI is InChI=1S/C17H14F2N4/c1-10-4-17-22(9-11-5-12(18)7-13(19)6-11)16-8-14(20)2-3-15(16)23(17)21-10/h2-8H,9,20H2,1H3. The number of hydrogen-bond acceptors (Lipinski definition) is 2. The lowest BCUT2D eigenvalue weighted by Crippen LogP contribution is -2.01. The average molecular weight is 312 g/mol. The number of hydrogen-bond donors (Lipinski definition) is 1. The maximum atomic E-state index is 13.5. The zero-order chi connectivity index (χ0) is 16.1. The number of nitrogens with zero attached hydrogens (tertiary/aromatic N) is 3. The summed E-state index contributed by atoms with van der Waals surface area (Å²) < 4.78 is 30.7. The molecule has 0 bridgehead atoms. The van der Waals surface area contributed by atoms with Crippen LogP contribution in [-0.2, 0) is 6.54 Å². The maximum absolute atomic E-state index is 13.5. The molecule has 4 nitrogen and oxygen atoms in total. The van der Waals surface area contributed by atoms with Gasteiger partial charge in [0.1, 0.15) is 17.3 Å². The van der Waals surface area contributed by atoms with Crippen LogP contribution < -0.4 is 5.73 Å². The van der Waals surface area contributed by atoms with Crippen LogP contribution in [0.25, 0.3) is 16.7 Å². The molecule has 116 valence electrons. The zero-order valence-corrected chi connectivity index (χ0v) is 12.4. The second-order valence-corrected chi connectivity index (χ2v) is 5.67. The van der Waals surface area contributed by atoms with Gasteiger partial charge in [0.2, 0.25) is 0 Å². The first-order chi connectivity index (χ1) is 11.0. The molecule has 0 spiro atoms. The van der Waals surface area contributed by atoms with Crippen molar-refractivity contribution in [1.82, 2.24) is 14.2 Å². The molecular formula is C17H14F2N4. The summed E-state index contributed by atoms with van der Waals surface area (Å²) in [6, 6.07) is 11.0. The summed E-state index contributed by atoms with van der Waals surface area (Å²) in [6.07, 6.45) is 0. The van der Waals surface area contributed by atoms with Gasteiger partial charge in [-0.1, -0.05) is 0 Å². The van der Waals surface area contributed by atoms with Crippen molar-refractivity contribution < 1.29 is 8.78 Å². The van der Waals surface area contributed by atoms with Crippen LogP contribution >= 0.6 is 0 Å². The van der Waals surface area contributed by atoms with Gasteiger partial charge in [-0.2, -0.15) is 5.10 Å². The van der Waals surface area contributed by atoms with Crippen molar-refractivity contribution >= 4 is 22.4 Å². The first-order valence-electron chi connectivity index (χ1n) is 7.20. The predicted octanol–water partition coefficient (Wildman–Crippen LogP) is 3.51. The Bertz CT molecular complexity index is 1030. The summed E-state index contributed by atoms with van der Waals surface area (Å²) in [5.74, 6) is -1.17. The fourth-order valence-electron chi connectivity index (χ4n) is 2.97. The Balaban J connectivity index is 1.97. The number of nitrogen functional groups attached to an aromatic ring is 1. The van der Waals surface area contributed by atoms with Crippen molar-refractivity contribution in [3.8, 4) is 0 Å². The second-order valence-electron chi connectivity index (χ2n) is 5.67. The number of rotatable bonds is 2. The SMILES string of the molecule is Cc1cc2n(Cc3cc(F)cc(F)c3)c3cc(N)ccc3n2n1. The Morgan fingerprint density at radius 2 is 1.74 bits per heavy atom. The van der Waals surface area contributed by atoms with Gasteiger partial charge in [0, 0.05) is 24.4 Å². The highest BCUT2D eigenvalue weighted by Gasteiger charge is 2.14. The molecule has 2 N–H and O–H groups in total. The minimum Gasteiger partial charge on any atom is -0.399 e. The molecule has 0 amide bonds. The molecular weight excluding hydrogens is 298 g/mol. The van der Waals surface area contributed by atoms with Crippen LogP contribution in [0.15, 0.2) is 42.5 Å². The molecule has 4 rings (SSSR count). The van der Waals surface area contributed by atoms with Gasteiger partial charge in [-0.15, -0.1) is 0 Å². The number of benzene rings is 2. The predicted molar refractivity (Wildman–Crippen MR) is 85.3 cm³/mol. The van der Waals surface area contributed by atoms with Crippen LogP contribution in [0.3, 0.4) is 0 Å². The van der Waals surface area contributed by atoms with Crippen molar-refractivity contribution in [2.75, 3.05) is 5.73 Å². The normalized spacial score (nSPS) is 11.6. The lowest BCUT2D eigenvalue weighted by atomic mass is 10.2. The summed E-state index contributed by atoms with van der Waals surface area (Å²) in [6.45, 7) is 2.23. The molecule has 0 saturated carbocycles. The summed E-state index contributed by atoms with van der Waals surface area (Å²) >= 11 is 0. The van der Waals surface area contributed by atoms with Crippen molar-refractivity contribution in [2.24, 2.45) is 0 Å². The average Bonchev–Trinajstić information content (AvgIpc) is 2.95. The van der Waals surface area contributed by atoms with Gasteiger partial charge in [-0.3, -0.25) is 0 Å². The van der Waals surface area contributed by atoms with E-state index >= 15 is 0 Å². The Hall–Kier alpha value is -2.89. The van der Waals surface area contributed by atoms with Crippen LogP contribution in [0.5, 0.6) is 0 Å². The Kier molecular flexibility index (Phi) is 2.87. The van der Waals surface area contributed by atoms with Crippen LogP contribution in [0, 0.1) is 18.6 Å². The fraction of sp³-hybridized carbons (Fsp3) is 0.118. The van der Waals surface area contributed by atoms with E-state index in [2.05, 4.69) is 5.10 Å². The Morgan fingerprint density at radius 1 is 1.00 bits per heavy atom. The molecule has 0 unspecified atom stereocenters. The summed E-state index contributed by atoms with van der Waals surface area (Å²) in [4.78, 5) is 0. The van der Waals surface area contributed by atoms with Gasteiger partial charge < -0.3 is 10.3 Å². The highest BCUT2D eigenvalue weighted by atomic mass is 19.1. The number of imidazole rings is 1. The number of anilines is 1. The Morgan fingerprint density at radius 3 is 2.48 bits per heavy atom. The fourth-order valence-corrected chi connectivity index (χ4v) is 2.97. The number of aromatic nitrogens is 3. The number of halogens is 2. The highest BCUT2D eigenvalue weighted by molar-refractivity contribution is 5.84. The van der Waals surface area contributed by atoms with Gasteiger partial charge in [0.25, 0.3) is 0 Å². The number of fused-ring (bicyclic) bond motifs is 3. The summed E-state index contributed by atoms with van der Waals surface area (Å²) in [5.41, 5.74) is 10.6. The van der Waals surface area contributed by atoms with Gasteiger partial charge >= 0.3 is 0 Å². The lowest BCUT2D eigenvalue weighted by Gasteiger charge is -2.07. The van der Waals surface area contributed by atoms with E-state index < -0.39 is 11.6 Å². The maximum Gasteiger partial charge on any atom is 0.137 e. The topological polar surface area (TPSA) is 48.2 Å². The van der Waals surface area contributed by atoms with Crippen molar-refractivity contribution in [1.29, 1.82) is 0 Å². The van der Waals surface area contributed by atoms with Crippen molar-refractivity contribution in [2.45, 2.75) is 13.5 Å². The number of aryl methyl sites for hydroxylation is 1. The van der Waals surface area contributed by atoms with Gasteiger partial charge in [0.15, 0.2) is 0 Å². The van der Waals surface area contributed by atoms with E-state index in [0.29, 0.717) is 17.8 Å². The van der Waals surface area contributed by atoms with E-state index in [1.807, 2.05) is 40.3 Å². The number of nitrogens with two attached hydrogens (primary N) is 1. The van der Waals surface area contributed by atoms with E-state index in [4.69, 9.17) is 5.73 Å². The Labute approximate surface area is 130 Å². The second kappa shape index (κ2) is 4.81. The first-order valence-corrected chi connectivity index (χ1v) is 7.20. The highest BCUT2D eigenvalue weighted by Crippen LogP contribution is 2.25. The molecule has 0 saturated heterocycles. The van der Waals surface area contributed by atoms with E-state index in [0.717, 1.165) is 28.4 Å². The summed E-state index contributed by atoms with van der Waals surface area (Å²) in [5, 5.41) is 4.48. The van der Waals surface area contributed by atoms with Crippen LogP contribution in [0.1, 0.15) is 11.3 Å². The minimum absolute atomic E-state index is 0.330. The van der Waals surface area contributed by atoms with Crippen LogP contribution in [0.2, 0.25) is 0 Å². The monoisotopic (exact) mass is 312 g/mol. The third-order valence-corrected chi connectivity index (χ3v) is 3.87. The van der Waals surface area contributed by atoms with E-state index in [1.54, 1.807) is 0 Å². The third kappa shape index (κ3) is 2.23. The molecule has 0 aliphatic carbocycles. The summed E-state index contributed by atoms with van der Waals surface area (Å²) in [7, 11) is 0. The van der Waals surface area contributed by atoms with Gasteiger partial charge in [0.05, 0.1) is 16.7 Å². The van der Waals surface area contributed by atoms with Crippen LogP contribution in [0.4, 0.5) is 14.5 Å². The van der Waals surface area contributed by atoms with E-state index in [-0.39, 0.29) is 0 Å². The molecule has 2 heterocycles. The first kappa shape index (κ1) is 13.8. The molecule has 0 aliphatic rings. The third-order valence-electron chi connectivity index (χ3n) is 3.87. The molecule has 0 aliphatic heterocycles. The molecule has 0 atom stereocenters. The van der Waals surface area contributed by atoms with Gasteiger partial charge in [-0.05, 0) is 42.8 Å². The molecule has 0 fully saturated rings. The molecule has 4 aromatic rings. The smallest absolute Gasteiger partial charge is 0.137 e. The van der Waals surface area contributed by atoms with E-state index in [9.17, 15) is 8.78 Å². The molecule has 0 radical (unpaired) electrons. The lowest BCUT2D eigenvalue weighted by molar-refractivity contribution is 0.578. The minimum atomic E-state index is -0.586. The largest absolute Gasteiger partial charge is 0.399 e. The van der Waals surface area contributed by atoms with Gasteiger partial charge in [-0.25, -0.2) is 13.3 Å². The quantitative estimate of drug-likeness (QED) is 0.576. The van der Waals surface area contributed by atoms with Crippen molar-refractivity contribution in [3.63, 3.8) is 0 Å². The zero-order valence-electron chi connectivity index (χ0n) is 12.4.